The van der Waals surface area contributed by atoms with Crippen LogP contribution in [0.4, 0.5) is 0 Å². The summed E-state index contributed by atoms with van der Waals surface area (Å²) in [6, 6.07) is 6.91. The van der Waals surface area contributed by atoms with Gasteiger partial charge in [0.25, 0.3) is 0 Å². The van der Waals surface area contributed by atoms with E-state index >= 15 is 0 Å². The van der Waals surface area contributed by atoms with E-state index in [1.165, 1.54) is 0 Å². The molecule has 0 saturated carbocycles. The molecule has 6 nitrogen and oxygen atoms in total. The first-order chi connectivity index (χ1) is 14.6. The predicted molar refractivity (Wildman–Crippen MR) is 124 cm³/mol. The van der Waals surface area contributed by atoms with Gasteiger partial charge < -0.3 is 14.2 Å². The lowest BCUT2D eigenvalue weighted by molar-refractivity contribution is 0.0752. The van der Waals surface area contributed by atoms with Crippen molar-refractivity contribution in [1.82, 2.24) is 0 Å². The van der Waals surface area contributed by atoms with Crippen LogP contribution in [0.15, 0.2) is 24.3 Å². The summed E-state index contributed by atoms with van der Waals surface area (Å²) in [6.45, 7) is 8.29. The first-order valence-corrected chi connectivity index (χ1v) is 13.0. The SMILES string of the molecule is CC(C)OCCCCCC(=O)c1ccc(C(=O)CCCCCOP(=O)(O)C(C)C)cc1. The van der Waals surface area contributed by atoms with Gasteiger partial charge in [-0.3, -0.25) is 14.2 Å². The van der Waals surface area contributed by atoms with E-state index < -0.39 is 13.3 Å². The third-order valence-electron chi connectivity index (χ3n) is 5.01. The summed E-state index contributed by atoms with van der Waals surface area (Å²) < 4.78 is 22.2. The third-order valence-corrected chi connectivity index (χ3v) is 6.86. The van der Waals surface area contributed by atoms with Crippen LogP contribution in [0, 0.1) is 0 Å². The maximum Gasteiger partial charge on any atom is 0.330 e. The molecule has 1 rings (SSSR count). The summed E-state index contributed by atoms with van der Waals surface area (Å²) in [5.41, 5.74) is 0.845. The molecule has 1 N–H and O–H groups in total. The minimum atomic E-state index is -3.51. The number of unbranched alkanes of at least 4 members (excludes halogenated alkanes) is 4. The number of hydrogen-bond donors (Lipinski definition) is 1. The number of rotatable bonds is 17. The monoisotopic (exact) mass is 454 g/mol. The molecule has 1 aromatic carbocycles. The van der Waals surface area contributed by atoms with Gasteiger partial charge in [-0.1, -0.05) is 51.0 Å². The molecule has 0 heterocycles. The van der Waals surface area contributed by atoms with Crippen molar-refractivity contribution in [3.8, 4) is 0 Å². The summed E-state index contributed by atoms with van der Waals surface area (Å²) in [5, 5.41) is 0. The summed E-state index contributed by atoms with van der Waals surface area (Å²) in [5.74, 6) is 0.145. The second-order valence-corrected chi connectivity index (χ2v) is 10.9. The van der Waals surface area contributed by atoms with E-state index in [-0.39, 0.29) is 24.3 Å². The minimum absolute atomic E-state index is 0.0417. The van der Waals surface area contributed by atoms with Crippen LogP contribution in [0.1, 0.15) is 99.8 Å². The maximum absolute atomic E-state index is 12.3. The van der Waals surface area contributed by atoms with Crippen LogP contribution in [0.5, 0.6) is 0 Å². The molecule has 0 amide bonds. The Hall–Kier alpha value is -1.33. The fourth-order valence-corrected chi connectivity index (χ4v) is 3.61. The van der Waals surface area contributed by atoms with Crippen LogP contribution in [0.2, 0.25) is 0 Å². The summed E-state index contributed by atoms with van der Waals surface area (Å²) in [7, 11) is -3.51. The largest absolute Gasteiger partial charge is 0.379 e. The van der Waals surface area contributed by atoms with Crippen molar-refractivity contribution in [1.29, 1.82) is 0 Å². The van der Waals surface area contributed by atoms with E-state index in [2.05, 4.69) is 0 Å². The minimum Gasteiger partial charge on any atom is -0.379 e. The van der Waals surface area contributed by atoms with E-state index in [1.54, 1.807) is 38.1 Å². The first-order valence-electron chi connectivity index (χ1n) is 11.4. The van der Waals surface area contributed by atoms with Gasteiger partial charge in [0.1, 0.15) is 0 Å². The molecular formula is C24H39O6P. The molecule has 0 bridgehead atoms. The molecular weight excluding hydrogens is 415 g/mol. The third kappa shape index (κ3) is 11.7. The van der Waals surface area contributed by atoms with Crippen LogP contribution in [0.25, 0.3) is 0 Å². The molecule has 176 valence electrons. The molecule has 1 aromatic rings. The molecule has 7 heteroatoms. The lowest BCUT2D eigenvalue weighted by atomic mass is 10.00. The number of Topliss-reactive ketones (excluding diaryl/α,β-unsaturated/α-hetero) is 2. The Labute approximate surface area is 187 Å². The summed E-state index contributed by atoms with van der Waals surface area (Å²) in [4.78, 5) is 34.2. The molecule has 0 aromatic heterocycles. The van der Waals surface area contributed by atoms with Gasteiger partial charge in [0.15, 0.2) is 11.6 Å². The molecule has 0 aliphatic carbocycles. The standard InChI is InChI=1S/C24H39O6P/c1-19(2)29-17-9-5-7-11-23(25)21-13-15-22(16-14-21)24(26)12-8-6-10-18-30-31(27,28)20(3)4/h13-16,19-20H,5-12,17-18H2,1-4H3,(H,27,28). The Morgan fingerprint density at radius 1 is 0.806 bits per heavy atom. The number of carbonyl (C=O) groups excluding carboxylic acids is 2. The molecule has 0 fully saturated rings. The van der Waals surface area contributed by atoms with Crippen LogP contribution < -0.4 is 0 Å². The summed E-state index contributed by atoms with van der Waals surface area (Å²) in [6.07, 6.45) is 6.02. The second-order valence-electron chi connectivity index (χ2n) is 8.46. The van der Waals surface area contributed by atoms with Gasteiger partial charge in [0.2, 0.25) is 0 Å². The van der Waals surface area contributed by atoms with Gasteiger partial charge >= 0.3 is 7.60 Å². The highest BCUT2D eigenvalue weighted by Gasteiger charge is 2.23. The molecule has 1 unspecified atom stereocenters. The molecule has 0 spiro atoms. The number of benzene rings is 1. The van der Waals surface area contributed by atoms with E-state index in [4.69, 9.17) is 9.26 Å². The van der Waals surface area contributed by atoms with Crippen LogP contribution in [0.3, 0.4) is 0 Å². The summed E-state index contributed by atoms with van der Waals surface area (Å²) >= 11 is 0. The van der Waals surface area contributed by atoms with Crippen LogP contribution >= 0.6 is 7.60 Å². The Kier molecular flexibility index (Phi) is 13.1. The fraction of sp³-hybridized carbons (Fsp3) is 0.667. The Balaban J connectivity index is 2.25. The smallest absolute Gasteiger partial charge is 0.330 e. The quantitative estimate of drug-likeness (QED) is 0.171. The van der Waals surface area contributed by atoms with E-state index in [1.807, 2.05) is 13.8 Å². The molecule has 0 aliphatic rings. The number of carbonyl (C=O) groups is 2. The van der Waals surface area contributed by atoms with Crippen LogP contribution in [-0.4, -0.2) is 41.4 Å². The van der Waals surface area contributed by atoms with Crippen molar-refractivity contribution in [2.24, 2.45) is 0 Å². The maximum atomic E-state index is 12.3. The lowest BCUT2D eigenvalue weighted by Crippen LogP contribution is -2.05. The molecule has 0 aliphatic heterocycles. The highest BCUT2D eigenvalue weighted by molar-refractivity contribution is 7.53. The first kappa shape index (κ1) is 27.7. The van der Waals surface area contributed by atoms with E-state index in [9.17, 15) is 19.0 Å². The Morgan fingerprint density at radius 3 is 1.68 bits per heavy atom. The number of ether oxygens (including phenoxy) is 1. The second kappa shape index (κ2) is 14.7. The molecule has 0 saturated heterocycles. The zero-order valence-electron chi connectivity index (χ0n) is 19.5. The number of ketones is 2. The van der Waals surface area contributed by atoms with Gasteiger partial charge in [-0.25, -0.2) is 0 Å². The van der Waals surface area contributed by atoms with Crippen molar-refractivity contribution < 1.29 is 28.3 Å². The van der Waals surface area contributed by atoms with Crippen molar-refractivity contribution in [3.63, 3.8) is 0 Å². The van der Waals surface area contributed by atoms with Gasteiger partial charge in [-0.05, 0) is 39.5 Å². The molecule has 31 heavy (non-hydrogen) atoms. The fourth-order valence-electron chi connectivity index (χ4n) is 2.92. The lowest BCUT2D eigenvalue weighted by Gasteiger charge is -2.14. The van der Waals surface area contributed by atoms with Crippen molar-refractivity contribution in [2.45, 2.75) is 90.8 Å². The topological polar surface area (TPSA) is 89.9 Å². The average Bonchev–Trinajstić information content (AvgIpc) is 2.72. The zero-order valence-corrected chi connectivity index (χ0v) is 20.4. The van der Waals surface area contributed by atoms with Crippen molar-refractivity contribution >= 4 is 19.2 Å². The van der Waals surface area contributed by atoms with Gasteiger partial charge in [-0.15, -0.1) is 0 Å². The normalized spacial score (nSPS) is 13.5. The van der Waals surface area contributed by atoms with Crippen molar-refractivity contribution in [2.75, 3.05) is 13.2 Å². The van der Waals surface area contributed by atoms with Gasteiger partial charge in [0.05, 0.1) is 18.4 Å². The highest BCUT2D eigenvalue weighted by Crippen LogP contribution is 2.47. The van der Waals surface area contributed by atoms with Gasteiger partial charge in [0, 0.05) is 30.6 Å². The van der Waals surface area contributed by atoms with Gasteiger partial charge in [-0.2, -0.15) is 0 Å². The average molecular weight is 455 g/mol. The Morgan fingerprint density at radius 2 is 1.26 bits per heavy atom. The zero-order chi connectivity index (χ0) is 23.3. The van der Waals surface area contributed by atoms with E-state index in [0.717, 1.165) is 32.3 Å². The highest BCUT2D eigenvalue weighted by atomic mass is 31.2. The number of hydrogen-bond acceptors (Lipinski definition) is 5. The van der Waals surface area contributed by atoms with Crippen molar-refractivity contribution in [3.05, 3.63) is 35.4 Å². The predicted octanol–water partition coefficient (Wildman–Crippen LogP) is 6.21. The Bertz CT molecular complexity index is 711. The van der Waals surface area contributed by atoms with E-state index in [0.29, 0.717) is 36.8 Å². The molecule has 1 atom stereocenters. The van der Waals surface area contributed by atoms with Crippen LogP contribution in [-0.2, 0) is 13.8 Å². The molecule has 0 radical (unpaired) electrons.